The molecule has 0 unspecified atom stereocenters. The lowest BCUT2D eigenvalue weighted by Gasteiger charge is -2.36. The molecule has 0 saturated carbocycles. The van der Waals surface area contributed by atoms with Crippen molar-refractivity contribution in [3.63, 3.8) is 0 Å². The van der Waals surface area contributed by atoms with Crippen molar-refractivity contribution in [1.29, 1.82) is 0 Å². The summed E-state index contributed by atoms with van der Waals surface area (Å²) in [7, 11) is 0. The number of ether oxygens (including phenoxy) is 1. The van der Waals surface area contributed by atoms with E-state index in [9.17, 15) is 35.9 Å². The zero-order valence-electron chi connectivity index (χ0n) is 21.8. The molecule has 3 aromatic rings. The molecule has 0 atom stereocenters. The van der Waals surface area contributed by atoms with Crippen LogP contribution in [0.5, 0.6) is 0 Å². The van der Waals surface area contributed by atoms with E-state index in [4.69, 9.17) is 16.3 Å². The molecule has 4 rings (SSSR count). The molecule has 0 bridgehead atoms. The largest absolute Gasteiger partial charge is 0.447 e. The normalized spacial score (nSPS) is 14.5. The van der Waals surface area contributed by atoms with Crippen molar-refractivity contribution in [2.45, 2.75) is 19.3 Å². The van der Waals surface area contributed by atoms with Crippen molar-refractivity contribution in [2.24, 2.45) is 0 Å². The van der Waals surface area contributed by atoms with Gasteiger partial charge in [0.2, 0.25) is 0 Å². The number of aryl methyl sites for hydroxylation is 1. The van der Waals surface area contributed by atoms with Crippen LogP contribution in [0, 0.1) is 6.92 Å². The fourth-order valence-electron chi connectivity index (χ4n) is 4.08. The Morgan fingerprint density at radius 1 is 1.02 bits per heavy atom. The number of nitrogens with one attached hydrogen (secondary N) is 2. The van der Waals surface area contributed by atoms with Crippen LogP contribution in [0.1, 0.15) is 26.5 Å². The number of halogens is 7. The number of hydrazine groups is 1. The van der Waals surface area contributed by atoms with Crippen molar-refractivity contribution >= 4 is 40.8 Å². The van der Waals surface area contributed by atoms with E-state index in [-0.39, 0.29) is 35.4 Å². The molecule has 1 fully saturated rings. The highest BCUT2D eigenvalue weighted by Gasteiger charge is 2.37. The van der Waals surface area contributed by atoms with Crippen LogP contribution >= 0.6 is 22.9 Å². The third kappa shape index (κ3) is 7.80. The van der Waals surface area contributed by atoms with Gasteiger partial charge in [0.1, 0.15) is 22.3 Å². The zero-order valence-corrected chi connectivity index (χ0v) is 23.3. The summed E-state index contributed by atoms with van der Waals surface area (Å²) in [5.74, 6) is -0.883. The number of rotatable bonds is 6. The summed E-state index contributed by atoms with van der Waals surface area (Å²) in [4.78, 5) is 36.2. The van der Waals surface area contributed by atoms with Crippen molar-refractivity contribution in [2.75, 3.05) is 44.2 Å². The SMILES string of the molecule is Cc1nc(-c2ccc(C(F)(F)F)cc2)sc1C(=O)NNC(=O)OCCN1CCN(c2ncc(Cl)cc2C(F)(F)F)CC1. The second kappa shape index (κ2) is 12.7. The lowest BCUT2D eigenvalue weighted by Crippen LogP contribution is -2.48. The molecule has 3 heterocycles. The predicted molar refractivity (Wildman–Crippen MR) is 142 cm³/mol. The molecule has 0 aliphatic carbocycles. The average molecular weight is 637 g/mol. The molecule has 2 N–H and O–H groups in total. The summed E-state index contributed by atoms with van der Waals surface area (Å²) < 4.78 is 83.6. The van der Waals surface area contributed by atoms with Gasteiger partial charge in [-0.05, 0) is 25.1 Å². The smallest absolute Gasteiger partial charge is 0.426 e. The number of hydrogen-bond donors (Lipinski definition) is 2. The molecule has 2 amide bonds. The van der Waals surface area contributed by atoms with Gasteiger partial charge >= 0.3 is 18.4 Å². The quantitative estimate of drug-likeness (QED) is 0.276. The molecule has 1 aliphatic heterocycles. The number of nitrogens with zero attached hydrogens (tertiary/aromatic N) is 4. The van der Waals surface area contributed by atoms with Crippen molar-refractivity contribution < 1.29 is 40.7 Å². The molecule has 0 radical (unpaired) electrons. The summed E-state index contributed by atoms with van der Waals surface area (Å²) in [6.07, 6.45) is -8.85. The molecule has 9 nitrogen and oxygen atoms in total. The van der Waals surface area contributed by atoms with Gasteiger partial charge in [0.15, 0.2) is 0 Å². The Morgan fingerprint density at radius 3 is 2.31 bits per heavy atom. The topological polar surface area (TPSA) is 99.7 Å². The maximum atomic E-state index is 13.4. The third-order valence-corrected chi connectivity index (χ3v) is 7.60. The van der Waals surface area contributed by atoms with E-state index < -0.39 is 35.5 Å². The molecular formula is C25H23ClF6N6O3S. The van der Waals surface area contributed by atoms with E-state index in [0.717, 1.165) is 35.7 Å². The van der Waals surface area contributed by atoms with Crippen molar-refractivity contribution in [3.8, 4) is 10.6 Å². The first-order valence-corrected chi connectivity index (χ1v) is 13.5. The lowest BCUT2D eigenvalue weighted by molar-refractivity contribution is -0.138. The summed E-state index contributed by atoms with van der Waals surface area (Å²) in [5.41, 5.74) is 3.31. The Balaban J connectivity index is 1.21. The van der Waals surface area contributed by atoms with Gasteiger partial charge in [-0.2, -0.15) is 26.3 Å². The average Bonchev–Trinajstić information content (AvgIpc) is 3.33. The Labute approximate surface area is 244 Å². The van der Waals surface area contributed by atoms with Crippen LogP contribution in [0.2, 0.25) is 5.02 Å². The maximum absolute atomic E-state index is 13.4. The van der Waals surface area contributed by atoms with Crippen LogP contribution in [-0.2, 0) is 17.1 Å². The summed E-state index contributed by atoms with van der Waals surface area (Å²) in [6, 6.07) is 5.20. The number of aromatic nitrogens is 2. The van der Waals surface area contributed by atoms with Gasteiger partial charge in [-0.1, -0.05) is 23.7 Å². The van der Waals surface area contributed by atoms with Crippen LogP contribution in [-0.4, -0.2) is 66.2 Å². The zero-order chi connectivity index (χ0) is 30.7. The standard InChI is InChI=1S/C25H23ClF6N6O3S/c1-14-19(42-22(34-14)15-2-4-16(5-3-15)24(27,28)29)21(39)35-36-23(40)41-11-10-37-6-8-38(9-7-37)20-18(25(30,31)32)12-17(26)13-33-20/h2-5,12-13H,6-11H2,1H3,(H,35,39)(H,36,40). The van der Waals surface area contributed by atoms with Crippen molar-refractivity contribution in [3.05, 3.63) is 63.2 Å². The van der Waals surface area contributed by atoms with Crippen LogP contribution in [0.4, 0.5) is 37.0 Å². The van der Waals surface area contributed by atoms with Gasteiger partial charge in [0.05, 0.1) is 21.8 Å². The first kappa shape index (κ1) is 31.3. The summed E-state index contributed by atoms with van der Waals surface area (Å²) in [5, 5.41) is 0.219. The van der Waals surface area contributed by atoms with Gasteiger partial charge in [-0.25, -0.2) is 20.2 Å². The number of anilines is 1. The predicted octanol–water partition coefficient (Wildman–Crippen LogP) is 5.40. The molecule has 1 aliphatic rings. The molecule has 226 valence electrons. The van der Waals surface area contributed by atoms with Gasteiger partial charge in [0.25, 0.3) is 5.91 Å². The molecule has 1 saturated heterocycles. The monoisotopic (exact) mass is 636 g/mol. The molecule has 2 aromatic heterocycles. The van der Waals surface area contributed by atoms with Crippen LogP contribution in [0.25, 0.3) is 10.6 Å². The highest BCUT2D eigenvalue weighted by Crippen LogP contribution is 2.37. The Morgan fingerprint density at radius 2 is 1.69 bits per heavy atom. The van der Waals surface area contributed by atoms with Gasteiger partial charge < -0.3 is 9.64 Å². The highest BCUT2D eigenvalue weighted by atomic mass is 35.5. The second-order valence-corrected chi connectivity index (χ2v) is 10.5. The van der Waals surface area contributed by atoms with Crippen molar-refractivity contribution in [1.82, 2.24) is 25.7 Å². The Bertz CT molecular complexity index is 1430. The fourth-order valence-corrected chi connectivity index (χ4v) is 5.20. The van der Waals surface area contributed by atoms with Crippen LogP contribution in [0.3, 0.4) is 0 Å². The lowest BCUT2D eigenvalue weighted by atomic mass is 10.1. The van der Waals surface area contributed by atoms with Crippen LogP contribution in [0.15, 0.2) is 36.5 Å². The Hall–Kier alpha value is -3.63. The number of benzene rings is 1. The number of thiazole rings is 1. The van der Waals surface area contributed by atoms with E-state index in [0.29, 0.717) is 35.9 Å². The summed E-state index contributed by atoms with van der Waals surface area (Å²) in [6.45, 7) is 3.13. The first-order chi connectivity index (χ1) is 19.7. The maximum Gasteiger partial charge on any atom is 0.426 e. The van der Waals surface area contributed by atoms with Crippen LogP contribution < -0.4 is 15.8 Å². The number of alkyl halides is 6. The molecule has 42 heavy (non-hydrogen) atoms. The van der Waals surface area contributed by atoms with E-state index in [1.807, 2.05) is 4.90 Å². The minimum absolute atomic E-state index is 0.0493. The number of hydrogen-bond acceptors (Lipinski definition) is 8. The summed E-state index contributed by atoms with van der Waals surface area (Å²) >= 11 is 6.64. The van der Waals surface area contributed by atoms with E-state index in [2.05, 4.69) is 20.8 Å². The third-order valence-electron chi connectivity index (χ3n) is 6.19. The van der Waals surface area contributed by atoms with Gasteiger partial charge in [-0.3, -0.25) is 15.1 Å². The minimum atomic E-state index is -4.60. The number of carbonyl (C=O) groups excluding carboxylic acids is 2. The first-order valence-electron chi connectivity index (χ1n) is 12.3. The molecule has 0 spiro atoms. The second-order valence-electron chi connectivity index (χ2n) is 9.07. The van der Waals surface area contributed by atoms with E-state index in [1.165, 1.54) is 17.0 Å². The Kier molecular flexibility index (Phi) is 9.47. The van der Waals surface area contributed by atoms with E-state index in [1.54, 1.807) is 6.92 Å². The minimum Gasteiger partial charge on any atom is -0.447 e. The van der Waals surface area contributed by atoms with E-state index >= 15 is 0 Å². The van der Waals surface area contributed by atoms with Gasteiger partial charge in [-0.15, -0.1) is 11.3 Å². The number of pyridine rings is 1. The molecule has 17 heteroatoms. The number of piperazine rings is 1. The molecule has 1 aromatic carbocycles. The number of carbonyl (C=O) groups is 2. The number of amides is 2. The fraction of sp³-hybridized carbons (Fsp3) is 0.360. The van der Waals surface area contributed by atoms with Gasteiger partial charge in [0, 0.05) is 44.5 Å². The molecular weight excluding hydrogens is 614 g/mol. The highest BCUT2D eigenvalue weighted by molar-refractivity contribution is 7.17.